The molecule has 1 aromatic heterocycles. The van der Waals surface area contributed by atoms with E-state index in [9.17, 15) is 9.59 Å². The molecular formula is C30H31N3O4. The van der Waals surface area contributed by atoms with Crippen molar-refractivity contribution in [2.24, 2.45) is 0 Å². The van der Waals surface area contributed by atoms with Gasteiger partial charge in [0.1, 0.15) is 0 Å². The van der Waals surface area contributed by atoms with Crippen LogP contribution >= 0.6 is 0 Å². The molecule has 4 rings (SSSR count). The van der Waals surface area contributed by atoms with Gasteiger partial charge in [-0.3, -0.25) is 9.59 Å². The first-order chi connectivity index (χ1) is 18.0. The summed E-state index contributed by atoms with van der Waals surface area (Å²) in [5.41, 5.74) is 4.73. The van der Waals surface area contributed by atoms with E-state index in [2.05, 4.69) is 28.3 Å². The van der Waals surface area contributed by atoms with Crippen LogP contribution in [0.3, 0.4) is 0 Å². The fraction of sp³-hybridized carbons (Fsp3) is 0.200. The van der Waals surface area contributed by atoms with Crippen molar-refractivity contribution in [1.29, 1.82) is 0 Å². The Morgan fingerprint density at radius 3 is 2.43 bits per heavy atom. The highest BCUT2D eigenvalue weighted by molar-refractivity contribution is 5.87. The number of amides is 2. The molecule has 190 valence electrons. The number of carbonyl (C=O) groups excluding carboxylic acids is 2. The Kier molecular flexibility index (Phi) is 8.26. The summed E-state index contributed by atoms with van der Waals surface area (Å²) in [5, 5.41) is 6.98. The van der Waals surface area contributed by atoms with Crippen LogP contribution in [0, 0.1) is 0 Å². The highest BCUT2D eigenvalue weighted by Gasteiger charge is 2.24. The number of aromatic nitrogens is 1. The number of H-pyrrole nitrogens is 1. The van der Waals surface area contributed by atoms with Crippen LogP contribution in [0.4, 0.5) is 0 Å². The molecule has 0 aliphatic rings. The summed E-state index contributed by atoms with van der Waals surface area (Å²) in [6.45, 7) is 4.16. The zero-order chi connectivity index (χ0) is 26.2. The number of nitrogens with one attached hydrogen (secondary N) is 3. The summed E-state index contributed by atoms with van der Waals surface area (Å²) in [6, 6.07) is 21.4. The minimum absolute atomic E-state index is 0.116. The van der Waals surface area contributed by atoms with Gasteiger partial charge in [0.15, 0.2) is 11.5 Å². The van der Waals surface area contributed by atoms with E-state index >= 15 is 0 Å². The Balaban J connectivity index is 1.59. The van der Waals surface area contributed by atoms with Gasteiger partial charge >= 0.3 is 0 Å². The zero-order valence-electron chi connectivity index (χ0n) is 21.0. The topological polar surface area (TPSA) is 92.5 Å². The maximum atomic E-state index is 13.1. The minimum Gasteiger partial charge on any atom is -0.493 e. The monoisotopic (exact) mass is 497 g/mol. The summed E-state index contributed by atoms with van der Waals surface area (Å²) >= 11 is 0. The predicted molar refractivity (Wildman–Crippen MR) is 145 cm³/mol. The van der Waals surface area contributed by atoms with Gasteiger partial charge in [0.25, 0.3) is 0 Å². The Hall–Kier alpha value is -4.52. The molecular weight excluding hydrogens is 466 g/mol. The van der Waals surface area contributed by atoms with E-state index < -0.39 is 0 Å². The maximum absolute atomic E-state index is 13.1. The van der Waals surface area contributed by atoms with Crippen molar-refractivity contribution in [2.75, 3.05) is 20.8 Å². The Bertz CT molecular complexity index is 1410. The number of aromatic amines is 1. The summed E-state index contributed by atoms with van der Waals surface area (Å²) in [4.78, 5) is 28.1. The second kappa shape index (κ2) is 11.9. The van der Waals surface area contributed by atoms with Gasteiger partial charge in [-0.2, -0.15) is 0 Å². The van der Waals surface area contributed by atoms with Crippen LogP contribution < -0.4 is 20.1 Å². The van der Waals surface area contributed by atoms with Crippen molar-refractivity contribution in [1.82, 2.24) is 15.6 Å². The molecule has 2 amide bonds. The third-order valence-electron chi connectivity index (χ3n) is 6.42. The average Bonchev–Trinajstić information content (AvgIpc) is 3.36. The van der Waals surface area contributed by atoms with Crippen molar-refractivity contribution in [2.45, 2.75) is 18.9 Å². The number of rotatable bonds is 11. The SMILES string of the molecule is C=CC(=O)NCc1ccccc1CC(=O)NCC(c1cccc(OC)c1OC)c1c[nH]c2ccccc12. The number of fused-ring (bicyclic) bond motifs is 1. The van der Waals surface area contributed by atoms with Gasteiger partial charge in [0.2, 0.25) is 11.8 Å². The first kappa shape index (κ1) is 25.6. The van der Waals surface area contributed by atoms with E-state index in [0.29, 0.717) is 24.6 Å². The lowest BCUT2D eigenvalue weighted by Gasteiger charge is -2.22. The predicted octanol–water partition coefficient (Wildman–Crippen LogP) is 4.48. The largest absolute Gasteiger partial charge is 0.493 e. The van der Waals surface area contributed by atoms with Gasteiger partial charge < -0.3 is 25.1 Å². The van der Waals surface area contributed by atoms with Crippen molar-refractivity contribution in [3.63, 3.8) is 0 Å². The number of benzene rings is 3. The Labute approximate surface area is 216 Å². The summed E-state index contributed by atoms with van der Waals surface area (Å²) in [6.07, 6.45) is 3.40. The van der Waals surface area contributed by atoms with Crippen LogP contribution in [0.15, 0.2) is 85.6 Å². The molecule has 1 heterocycles. The maximum Gasteiger partial charge on any atom is 0.243 e. The third kappa shape index (κ3) is 5.83. The first-order valence-electron chi connectivity index (χ1n) is 12.1. The summed E-state index contributed by atoms with van der Waals surface area (Å²) < 4.78 is 11.3. The van der Waals surface area contributed by atoms with E-state index in [0.717, 1.165) is 33.2 Å². The quantitative estimate of drug-likeness (QED) is 0.267. The van der Waals surface area contributed by atoms with Crippen LogP contribution in [0.2, 0.25) is 0 Å². The van der Waals surface area contributed by atoms with Gasteiger partial charge in [-0.1, -0.05) is 61.2 Å². The Morgan fingerprint density at radius 2 is 1.68 bits per heavy atom. The summed E-state index contributed by atoms with van der Waals surface area (Å²) in [5.74, 6) is 0.707. The fourth-order valence-electron chi connectivity index (χ4n) is 4.56. The molecule has 0 fully saturated rings. The van der Waals surface area contributed by atoms with Gasteiger partial charge in [0, 0.05) is 41.7 Å². The van der Waals surface area contributed by atoms with E-state index in [4.69, 9.17) is 9.47 Å². The smallest absolute Gasteiger partial charge is 0.243 e. The van der Waals surface area contributed by atoms with E-state index in [1.54, 1.807) is 14.2 Å². The van der Waals surface area contributed by atoms with Crippen LogP contribution in [0.1, 0.15) is 28.2 Å². The van der Waals surface area contributed by atoms with E-state index in [1.165, 1.54) is 6.08 Å². The zero-order valence-corrected chi connectivity index (χ0v) is 21.0. The summed E-state index contributed by atoms with van der Waals surface area (Å²) in [7, 11) is 3.23. The molecule has 0 radical (unpaired) electrons. The molecule has 0 aliphatic heterocycles. The van der Waals surface area contributed by atoms with Crippen molar-refractivity contribution in [3.8, 4) is 11.5 Å². The van der Waals surface area contributed by atoms with Gasteiger partial charge in [-0.15, -0.1) is 0 Å². The average molecular weight is 498 g/mol. The van der Waals surface area contributed by atoms with Crippen LogP contribution in [0.5, 0.6) is 11.5 Å². The molecule has 3 N–H and O–H groups in total. The van der Waals surface area contributed by atoms with Crippen LogP contribution in [-0.2, 0) is 22.6 Å². The van der Waals surface area contributed by atoms with E-state index in [-0.39, 0.29) is 24.2 Å². The molecule has 1 atom stereocenters. The third-order valence-corrected chi connectivity index (χ3v) is 6.42. The standard InChI is InChI=1S/C30H31N3O4/c1-4-28(34)32-17-21-11-6-5-10-20(21)16-29(35)33-19-25(23-13-9-15-27(36-2)30(23)37-3)24-18-31-26-14-8-7-12-22(24)26/h4-15,18,25,31H,1,16-17,19H2,2-3H3,(H,32,34)(H,33,35). The molecule has 0 saturated carbocycles. The van der Waals surface area contributed by atoms with Crippen molar-refractivity contribution >= 4 is 22.7 Å². The van der Waals surface area contributed by atoms with E-state index in [1.807, 2.05) is 66.9 Å². The molecule has 1 unspecified atom stereocenters. The second-order valence-corrected chi connectivity index (χ2v) is 8.60. The molecule has 4 aromatic rings. The lowest BCUT2D eigenvalue weighted by atomic mass is 9.89. The number of ether oxygens (including phenoxy) is 2. The number of para-hydroxylation sites is 2. The van der Waals surface area contributed by atoms with Gasteiger partial charge in [0.05, 0.1) is 20.6 Å². The van der Waals surface area contributed by atoms with Gasteiger partial charge in [-0.05, 0) is 34.9 Å². The molecule has 37 heavy (non-hydrogen) atoms. The first-order valence-corrected chi connectivity index (χ1v) is 12.1. The highest BCUT2D eigenvalue weighted by Crippen LogP contribution is 2.40. The fourth-order valence-corrected chi connectivity index (χ4v) is 4.56. The number of carbonyl (C=O) groups is 2. The molecule has 0 bridgehead atoms. The minimum atomic E-state index is -0.256. The molecule has 0 saturated heterocycles. The van der Waals surface area contributed by atoms with Crippen LogP contribution in [0.25, 0.3) is 10.9 Å². The van der Waals surface area contributed by atoms with Crippen molar-refractivity contribution < 1.29 is 19.1 Å². The van der Waals surface area contributed by atoms with Crippen LogP contribution in [-0.4, -0.2) is 37.6 Å². The second-order valence-electron chi connectivity index (χ2n) is 8.60. The number of hydrogen-bond acceptors (Lipinski definition) is 4. The lowest BCUT2D eigenvalue weighted by Crippen LogP contribution is -2.31. The molecule has 0 aliphatic carbocycles. The normalized spacial score (nSPS) is 11.5. The lowest BCUT2D eigenvalue weighted by molar-refractivity contribution is -0.120. The molecule has 0 spiro atoms. The number of hydrogen-bond donors (Lipinski definition) is 3. The van der Waals surface area contributed by atoms with Crippen molar-refractivity contribution in [3.05, 3.63) is 108 Å². The highest BCUT2D eigenvalue weighted by atomic mass is 16.5. The molecule has 3 aromatic carbocycles. The molecule has 7 nitrogen and oxygen atoms in total. The Morgan fingerprint density at radius 1 is 0.919 bits per heavy atom. The van der Waals surface area contributed by atoms with Gasteiger partial charge in [-0.25, -0.2) is 0 Å². The number of methoxy groups -OCH3 is 2. The molecule has 7 heteroatoms.